The Bertz CT molecular complexity index is 473. The predicted molar refractivity (Wildman–Crippen MR) is 67.9 cm³/mol. The number of rotatable bonds is 5. The summed E-state index contributed by atoms with van der Waals surface area (Å²) < 4.78 is 5.48. The van der Waals surface area contributed by atoms with Crippen LogP contribution in [0.4, 0.5) is 0 Å². The number of nitrogens with zero attached hydrogens (tertiary/aromatic N) is 1. The Morgan fingerprint density at radius 2 is 2.47 bits per heavy atom. The lowest BCUT2D eigenvalue weighted by molar-refractivity contribution is 0.409. The zero-order valence-corrected chi connectivity index (χ0v) is 10.7. The molecule has 1 fully saturated rings. The highest BCUT2D eigenvalue weighted by Gasteiger charge is 2.32. The maximum atomic E-state index is 5.48. The van der Waals surface area contributed by atoms with Crippen molar-refractivity contribution in [3.05, 3.63) is 40.2 Å². The van der Waals surface area contributed by atoms with Crippen molar-refractivity contribution in [2.24, 2.45) is 5.92 Å². The van der Waals surface area contributed by atoms with Crippen molar-refractivity contribution in [3.63, 3.8) is 0 Å². The molecule has 90 valence electrons. The van der Waals surface area contributed by atoms with Crippen molar-refractivity contribution in [1.82, 2.24) is 10.3 Å². The first-order valence-corrected chi connectivity index (χ1v) is 6.89. The zero-order valence-electron chi connectivity index (χ0n) is 9.85. The molecule has 2 aromatic rings. The minimum atomic E-state index is 0.474. The fourth-order valence-electron chi connectivity index (χ4n) is 2.08. The molecular weight excluding hydrogens is 232 g/mol. The fourth-order valence-corrected chi connectivity index (χ4v) is 2.97. The minimum absolute atomic E-state index is 0.474. The Hall–Kier alpha value is -1.13. The van der Waals surface area contributed by atoms with Gasteiger partial charge in [-0.3, -0.25) is 0 Å². The van der Waals surface area contributed by atoms with E-state index in [-0.39, 0.29) is 0 Å². The third-order valence-corrected chi connectivity index (χ3v) is 4.04. The molecule has 1 saturated carbocycles. The summed E-state index contributed by atoms with van der Waals surface area (Å²) in [7, 11) is 0. The van der Waals surface area contributed by atoms with E-state index < -0.39 is 0 Å². The Balaban J connectivity index is 1.65. The molecule has 2 heterocycles. The van der Waals surface area contributed by atoms with Gasteiger partial charge in [-0.05, 0) is 37.1 Å². The molecule has 0 radical (unpaired) electrons. The van der Waals surface area contributed by atoms with Crippen LogP contribution in [0.25, 0.3) is 0 Å². The highest BCUT2D eigenvalue weighted by molar-refractivity contribution is 7.10. The Morgan fingerprint density at radius 3 is 3.06 bits per heavy atom. The van der Waals surface area contributed by atoms with E-state index >= 15 is 0 Å². The number of hydrogen-bond acceptors (Lipinski definition) is 4. The maximum Gasteiger partial charge on any atom is 0.208 e. The summed E-state index contributed by atoms with van der Waals surface area (Å²) in [6, 6.07) is 4.80. The van der Waals surface area contributed by atoms with E-state index in [1.54, 1.807) is 6.20 Å². The smallest absolute Gasteiger partial charge is 0.208 e. The van der Waals surface area contributed by atoms with Gasteiger partial charge >= 0.3 is 0 Å². The van der Waals surface area contributed by atoms with Crippen LogP contribution < -0.4 is 5.32 Å². The van der Waals surface area contributed by atoms with Gasteiger partial charge in [0.05, 0.1) is 12.7 Å². The highest BCUT2D eigenvalue weighted by atomic mass is 32.1. The topological polar surface area (TPSA) is 38.1 Å². The van der Waals surface area contributed by atoms with Crippen LogP contribution in [0.15, 0.2) is 28.1 Å². The van der Waals surface area contributed by atoms with Crippen LogP contribution in [0, 0.1) is 12.8 Å². The zero-order chi connectivity index (χ0) is 11.7. The summed E-state index contributed by atoms with van der Waals surface area (Å²) in [5.41, 5.74) is 0. The monoisotopic (exact) mass is 248 g/mol. The van der Waals surface area contributed by atoms with Gasteiger partial charge in [-0.25, -0.2) is 4.98 Å². The van der Waals surface area contributed by atoms with Gasteiger partial charge in [-0.1, -0.05) is 6.07 Å². The summed E-state index contributed by atoms with van der Waals surface area (Å²) in [5, 5.41) is 5.71. The second kappa shape index (κ2) is 4.63. The van der Waals surface area contributed by atoms with Crippen LogP contribution >= 0.6 is 11.3 Å². The second-order valence-electron chi connectivity index (χ2n) is 4.58. The van der Waals surface area contributed by atoms with Gasteiger partial charge < -0.3 is 9.73 Å². The largest absolute Gasteiger partial charge is 0.445 e. The first kappa shape index (κ1) is 11.0. The summed E-state index contributed by atoms with van der Waals surface area (Å²) in [4.78, 5) is 5.65. The van der Waals surface area contributed by atoms with Crippen LogP contribution in [-0.2, 0) is 6.54 Å². The van der Waals surface area contributed by atoms with Gasteiger partial charge in [-0.15, -0.1) is 11.3 Å². The highest BCUT2D eigenvalue weighted by Crippen LogP contribution is 2.42. The predicted octanol–water partition coefficient (Wildman–Crippen LogP) is 3.29. The molecule has 17 heavy (non-hydrogen) atoms. The lowest BCUT2D eigenvalue weighted by Gasteiger charge is -2.15. The van der Waals surface area contributed by atoms with Crippen LogP contribution in [0.1, 0.15) is 35.4 Å². The van der Waals surface area contributed by atoms with E-state index in [9.17, 15) is 0 Å². The number of nitrogens with one attached hydrogen (secondary N) is 1. The molecule has 0 amide bonds. The van der Waals surface area contributed by atoms with Gasteiger partial charge in [-0.2, -0.15) is 0 Å². The molecule has 1 N–H and O–H groups in total. The molecule has 1 unspecified atom stereocenters. The number of aryl methyl sites for hydroxylation is 1. The Labute approximate surface area is 105 Å². The van der Waals surface area contributed by atoms with Gasteiger partial charge in [0.2, 0.25) is 5.89 Å². The quantitative estimate of drug-likeness (QED) is 0.882. The van der Waals surface area contributed by atoms with Crippen LogP contribution in [0.2, 0.25) is 0 Å². The first-order valence-electron chi connectivity index (χ1n) is 6.01. The number of thiophene rings is 1. The van der Waals surface area contributed by atoms with Crippen molar-refractivity contribution in [2.45, 2.75) is 32.4 Å². The summed E-state index contributed by atoms with van der Waals surface area (Å²) >= 11 is 1.83. The summed E-state index contributed by atoms with van der Waals surface area (Å²) in [6.07, 6.45) is 4.44. The molecule has 0 spiro atoms. The second-order valence-corrected chi connectivity index (χ2v) is 5.56. The van der Waals surface area contributed by atoms with Gasteiger partial charge in [0, 0.05) is 10.9 Å². The van der Waals surface area contributed by atoms with E-state index in [1.165, 1.54) is 17.7 Å². The average molecular weight is 248 g/mol. The molecule has 1 aliphatic carbocycles. The number of aromatic nitrogens is 1. The molecule has 3 nitrogen and oxygen atoms in total. The summed E-state index contributed by atoms with van der Waals surface area (Å²) in [5.74, 6) is 2.45. The molecule has 1 atom stereocenters. The maximum absolute atomic E-state index is 5.48. The van der Waals surface area contributed by atoms with Crippen LogP contribution in [-0.4, -0.2) is 4.98 Å². The minimum Gasteiger partial charge on any atom is -0.445 e. The molecule has 1 aliphatic rings. The van der Waals surface area contributed by atoms with E-state index in [0.717, 1.165) is 17.6 Å². The molecule has 0 bridgehead atoms. The summed E-state index contributed by atoms with van der Waals surface area (Å²) in [6.45, 7) is 2.64. The lowest BCUT2D eigenvalue weighted by Crippen LogP contribution is -2.21. The first-order chi connectivity index (χ1) is 8.33. The van der Waals surface area contributed by atoms with Gasteiger partial charge in [0.15, 0.2) is 0 Å². The van der Waals surface area contributed by atoms with Gasteiger partial charge in [0.1, 0.15) is 5.76 Å². The third-order valence-electron chi connectivity index (χ3n) is 3.09. The molecule has 3 rings (SSSR count). The van der Waals surface area contributed by atoms with E-state index in [1.807, 2.05) is 18.3 Å². The van der Waals surface area contributed by atoms with E-state index in [4.69, 9.17) is 4.42 Å². The fraction of sp³-hybridized carbons (Fsp3) is 0.462. The third kappa shape index (κ3) is 2.58. The van der Waals surface area contributed by atoms with Gasteiger partial charge in [0.25, 0.3) is 0 Å². The van der Waals surface area contributed by atoms with E-state index in [0.29, 0.717) is 12.6 Å². The molecule has 0 aliphatic heterocycles. The number of oxazole rings is 1. The Morgan fingerprint density at radius 1 is 1.59 bits per heavy atom. The molecule has 0 saturated heterocycles. The van der Waals surface area contributed by atoms with Crippen molar-refractivity contribution in [2.75, 3.05) is 0 Å². The van der Waals surface area contributed by atoms with Crippen molar-refractivity contribution in [1.29, 1.82) is 0 Å². The standard InChI is InChI=1S/C13H16N2OS/c1-9-7-14-12(16-9)8-15-13(10-4-5-10)11-3-2-6-17-11/h2-3,6-7,10,13,15H,4-5,8H2,1H3. The average Bonchev–Trinajstić information content (AvgIpc) is 2.85. The van der Waals surface area contributed by atoms with Crippen molar-refractivity contribution >= 4 is 11.3 Å². The van der Waals surface area contributed by atoms with Crippen molar-refractivity contribution < 1.29 is 4.42 Å². The SMILES string of the molecule is Cc1cnc(CNC(c2cccs2)C2CC2)o1. The van der Waals surface area contributed by atoms with Crippen molar-refractivity contribution in [3.8, 4) is 0 Å². The molecule has 4 heteroatoms. The lowest BCUT2D eigenvalue weighted by atomic mass is 10.1. The normalized spacial score (nSPS) is 17.2. The molecule has 2 aromatic heterocycles. The van der Waals surface area contributed by atoms with E-state index in [2.05, 4.69) is 27.8 Å². The molecular formula is C13H16N2OS. The molecule has 0 aromatic carbocycles. The number of hydrogen-bond donors (Lipinski definition) is 1. The van der Waals surface area contributed by atoms with Crippen LogP contribution in [0.3, 0.4) is 0 Å². The van der Waals surface area contributed by atoms with Crippen LogP contribution in [0.5, 0.6) is 0 Å². The Kier molecular flexibility index (Phi) is 2.99.